The normalized spacial score (nSPS) is 10.3. The maximum Gasteiger partial charge on any atom is 0.197 e. The Bertz CT molecular complexity index is 620. The van der Waals surface area contributed by atoms with Gasteiger partial charge in [0, 0.05) is 10.5 Å². The fourth-order valence-corrected chi connectivity index (χ4v) is 2.68. The number of ketones is 1. The van der Waals surface area contributed by atoms with Crippen molar-refractivity contribution in [2.75, 3.05) is 12.9 Å². The van der Waals surface area contributed by atoms with Crippen molar-refractivity contribution < 1.29 is 9.53 Å². The van der Waals surface area contributed by atoms with Crippen molar-refractivity contribution in [3.8, 4) is 5.75 Å². The summed E-state index contributed by atoms with van der Waals surface area (Å²) in [7, 11) is 0. The van der Waals surface area contributed by atoms with Crippen molar-refractivity contribution in [1.82, 2.24) is 0 Å². The summed E-state index contributed by atoms with van der Waals surface area (Å²) in [5.74, 6) is 0.668. The molecule has 0 radical (unpaired) electrons. The van der Waals surface area contributed by atoms with Gasteiger partial charge in [0.05, 0.1) is 12.2 Å². The third-order valence-corrected chi connectivity index (χ3v) is 3.83. The van der Waals surface area contributed by atoms with Crippen LogP contribution in [0, 0.1) is 6.92 Å². The van der Waals surface area contributed by atoms with Crippen LogP contribution >= 0.6 is 11.8 Å². The maximum absolute atomic E-state index is 12.8. The average molecular weight is 286 g/mol. The number of hydrogen-bond donors (Lipinski definition) is 0. The van der Waals surface area contributed by atoms with Gasteiger partial charge in [-0.25, -0.2) is 0 Å². The monoisotopic (exact) mass is 286 g/mol. The van der Waals surface area contributed by atoms with E-state index in [0.717, 1.165) is 16.0 Å². The standard InChI is InChI=1S/C17H18O2S/c1-4-19-15-10-9-12(2)11-14(15)17(18)13-7-5-6-8-16(13)20-3/h5-11H,4H2,1-3H3. The molecule has 104 valence electrons. The SMILES string of the molecule is CCOc1ccc(C)cc1C(=O)c1ccccc1SC. The van der Waals surface area contributed by atoms with E-state index in [1.54, 1.807) is 11.8 Å². The van der Waals surface area contributed by atoms with Crippen LogP contribution in [-0.4, -0.2) is 18.6 Å². The minimum Gasteiger partial charge on any atom is -0.493 e. The van der Waals surface area contributed by atoms with E-state index in [0.29, 0.717) is 17.9 Å². The lowest BCUT2D eigenvalue weighted by Crippen LogP contribution is -2.07. The molecule has 0 aliphatic rings. The van der Waals surface area contributed by atoms with Crippen LogP contribution in [0.2, 0.25) is 0 Å². The summed E-state index contributed by atoms with van der Waals surface area (Å²) in [5.41, 5.74) is 2.42. The van der Waals surface area contributed by atoms with Crippen molar-refractivity contribution in [3.63, 3.8) is 0 Å². The number of carbonyl (C=O) groups excluding carboxylic acids is 1. The van der Waals surface area contributed by atoms with Gasteiger partial charge in [0.2, 0.25) is 0 Å². The van der Waals surface area contributed by atoms with Crippen LogP contribution in [-0.2, 0) is 0 Å². The van der Waals surface area contributed by atoms with Crippen molar-refractivity contribution in [2.45, 2.75) is 18.7 Å². The third-order valence-electron chi connectivity index (χ3n) is 3.03. The van der Waals surface area contributed by atoms with Crippen LogP contribution in [0.5, 0.6) is 5.75 Å². The third kappa shape index (κ3) is 3.05. The van der Waals surface area contributed by atoms with Crippen molar-refractivity contribution in [2.24, 2.45) is 0 Å². The minimum absolute atomic E-state index is 0.0158. The lowest BCUT2D eigenvalue weighted by atomic mass is 10.0. The van der Waals surface area contributed by atoms with Crippen LogP contribution in [0.3, 0.4) is 0 Å². The Morgan fingerprint density at radius 1 is 1.15 bits per heavy atom. The van der Waals surface area contributed by atoms with E-state index >= 15 is 0 Å². The molecule has 0 atom stereocenters. The summed E-state index contributed by atoms with van der Waals surface area (Å²) in [4.78, 5) is 13.8. The molecular weight excluding hydrogens is 268 g/mol. The highest BCUT2D eigenvalue weighted by Gasteiger charge is 2.17. The summed E-state index contributed by atoms with van der Waals surface area (Å²) in [5, 5.41) is 0. The molecule has 0 saturated heterocycles. The van der Waals surface area contributed by atoms with Gasteiger partial charge < -0.3 is 4.74 Å². The van der Waals surface area contributed by atoms with Crippen molar-refractivity contribution in [3.05, 3.63) is 59.2 Å². The van der Waals surface area contributed by atoms with Crippen LogP contribution in [0.25, 0.3) is 0 Å². The predicted octanol–water partition coefficient (Wildman–Crippen LogP) is 4.35. The molecule has 0 N–H and O–H groups in total. The molecule has 20 heavy (non-hydrogen) atoms. The highest BCUT2D eigenvalue weighted by molar-refractivity contribution is 7.98. The van der Waals surface area contributed by atoms with E-state index in [-0.39, 0.29) is 5.78 Å². The summed E-state index contributed by atoms with van der Waals surface area (Å²) in [6.07, 6.45) is 1.98. The number of rotatable bonds is 5. The van der Waals surface area contributed by atoms with Crippen LogP contribution in [0.15, 0.2) is 47.4 Å². The predicted molar refractivity (Wildman–Crippen MR) is 84.0 cm³/mol. The molecule has 0 amide bonds. The number of hydrogen-bond acceptors (Lipinski definition) is 3. The maximum atomic E-state index is 12.8. The number of carbonyl (C=O) groups is 1. The Labute approximate surface area is 124 Å². The molecule has 2 nitrogen and oxygen atoms in total. The van der Waals surface area contributed by atoms with Crippen molar-refractivity contribution in [1.29, 1.82) is 0 Å². The van der Waals surface area contributed by atoms with E-state index in [9.17, 15) is 4.79 Å². The topological polar surface area (TPSA) is 26.3 Å². The number of ether oxygens (including phenoxy) is 1. The fourth-order valence-electron chi connectivity index (χ4n) is 2.08. The van der Waals surface area contributed by atoms with Gasteiger partial charge in [-0.1, -0.05) is 23.8 Å². The molecule has 0 bridgehead atoms. The Kier molecular flexibility index (Phi) is 4.85. The summed E-state index contributed by atoms with van der Waals surface area (Å²) in [6.45, 7) is 4.45. The first-order chi connectivity index (χ1) is 9.67. The first kappa shape index (κ1) is 14.7. The highest BCUT2D eigenvalue weighted by atomic mass is 32.2. The second kappa shape index (κ2) is 6.62. The Hall–Kier alpha value is -1.74. The van der Waals surface area contributed by atoms with E-state index in [1.165, 1.54) is 0 Å². The lowest BCUT2D eigenvalue weighted by Gasteiger charge is -2.12. The lowest BCUT2D eigenvalue weighted by molar-refractivity contribution is 0.103. The molecular formula is C17H18O2S. The average Bonchev–Trinajstić information content (AvgIpc) is 2.48. The van der Waals surface area contributed by atoms with Gasteiger partial charge in [0.15, 0.2) is 5.78 Å². The summed E-state index contributed by atoms with van der Waals surface area (Å²) < 4.78 is 5.58. The quantitative estimate of drug-likeness (QED) is 0.604. The van der Waals surface area contributed by atoms with E-state index < -0.39 is 0 Å². The molecule has 0 aromatic heterocycles. The fraction of sp³-hybridized carbons (Fsp3) is 0.235. The van der Waals surface area contributed by atoms with E-state index in [4.69, 9.17) is 4.74 Å². The summed E-state index contributed by atoms with van der Waals surface area (Å²) >= 11 is 1.58. The van der Waals surface area contributed by atoms with Gasteiger partial charge >= 0.3 is 0 Å². The van der Waals surface area contributed by atoms with Gasteiger partial charge in [-0.05, 0) is 44.4 Å². The molecule has 0 aliphatic heterocycles. The molecule has 2 aromatic carbocycles. The smallest absolute Gasteiger partial charge is 0.197 e. The molecule has 2 aromatic rings. The molecule has 0 heterocycles. The number of benzene rings is 2. The van der Waals surface area contributed by atoms with Gasteiger partial charge in [-0.15, -0.1) is 11.8 Å². The van der Waals surface area contributed by atoms with E-state index in [2.05, 4.69) is 0 Å². The minimum atomic E-state index is 0.0158. The number of aryl methyl sites for hydroxylation is 1. The zero-order valence-electron chi connectivity index (χ0n) is 12.0. The first-order valence-electron chi connectivity index (χ1n) is 6.58. The first-order valence-corrected chi connectivity index (χ1v) is 7.81. The largest absolute Gasteiger partial charge is 0.493 e. The van der Waals surface area contributed by atoms with Gasteiger partial charge in [0.1, 0.15) is 5.75 Å². The highest BCUT2D eigenvalue weighted by Crippen LogP contribution is 2.27. The van der Waals surface area contributed by atoms with Crippen molar-refractivity contribution >= 4 is 17.5 Å². The molecule has 2 rings (SSSR count). The Morgan fingerprint density at radius 2 is 1.90 bits per heavy atom. The zero-order chi connectivity index (χ0) is 14.5. The van der Waals surface area contributed by atoms with E-state index in [1.807, 2.05) is 62.6 Å². The molecule has 0 unspecified atom stereocenters. The van der Waals surface area contributed by atoms with Crippen LogP contribution in [0.4, 0.5) is 0 Å². The molecule has 0 fully saturated rings. The Balaban J connectivity index is 2.49. The van der Waals surface area contributed by atoms with Crippen LogP contribution < -0.4 is 4.74 Å². The molecule has 0 spiro atoms. The van der Waals surface area contributed by atoms with Gasteiger partial charge in [-0.3, -0.25) is 4.79 Å². The Morgan fingerprint density at radius 3 is 2.60 bits per heavy atom. The second-order valence-corrected chi connectivity index (χ2v) is 5.31. The van der Waals surface area contributed by atoms with Crippen LogP contribution in [0.1, 0.15) is 28.4 Å². The molecule has 0 saturated carbocycles. The van der Waals surface area contributed by atoms with Gasteiger partial charge in [0.25, 0.3) is 0 Å². The summed E-state index contributed by atoms with van der Waals surface area (Å²) in [6, 6.07) is 13.4. The zero-order valence-corrected chi connectivity index (χ0v) is 12.8. The van der Waals surface area contributed by atoms with Gasteiger partial charge in [-0.2, -0.15) is 0 Å². The molecule has 3 heteroatoms. The second-order valence-electron chi connectivity index (χ2n) is 4.46. The molecule has 0 aliphatic carbocycles. The number of thioether (sulfide) groups is 1.